The lowest BCUT2D eigenvalue weighted by molar-refractivity contribution is -0.137. The summed E-state index contributed by atoms with van der Waals surface area (Å²) >= 11 is 0. The molecule has 0 aromatic heterocycles. The van der Waals surface area contributed by atoms with Crippen molar-refractivity contribution < 1.29 is 14.3 Å². The van der Waals surface area contributed by atoms with Gasteiger partial charge in [0.1, 0.15) is 0 Å². The first-order valence-electron chi connectivity index (χ1n) is 8.57. The zero-order valence-electron chi connectivity index (χ0n) is 14.5. The van der Waals surface area contributed by atoms with E-state index in [9.17, 15) is 9.59 Å². The fourth-order valence-electron chi connectivity index (χ4n) is 2.81. The minimum atomic E-state index is -0.356. The Labute approximate surface area is 143 Å². The highest BCUT2D eigenvalue weighted by Gasteiger charge is 2.20. The van der Waals surface area contributed by atoms with Gasteiger partial charge in [0.15, 0.2) is 0 Å². The second-order valence-electron chi connectivity index (χ2n) is 6.07. The summed E-state index contributed by atoms with van der Waals surface area (Å²) in [6, 6.07) is 7.86. The van der Waals surface area contributed by atoms with Crippen molar-refractivity contribution in [2.24, 2.45) is 0 Å². The van der Waals surface area contributed by atoms with E-state index in [0.717, 1.165) is 24.2 Å². The molecule has 24 heavy (non-hydrogen) atoms. The molecule has 0 radical (unpaired) electrons. The van der Waals surface area contributed by atoms with Crippen LogP contribution in [0.25, 0.3) is 6.08 Å². The molecule has 0 spiro atoms. The molecule has 1 aliphatic rings. The molecule has 0 aliphatic carbocycles. The summed E-state index contributed by atoms with van der Waals surface area (Å²) in [6.45, 7) is 5.74. The quantitative estimate of drug-likeness (QED) is 0.643. The maximum atomic E-state index is 12.2. The van der Waals surface area contributed by atoms with Gasteiger partial charge in [0.05, 0.1) is 13.2 Å². The molecule has 1 N–H and O–H groups in total. The third kappa shape index (κ3) is 5.81. The molecule has 1 heterocycles. The maximum Gasteiger partial charge on any atom is 0.330 e. The Morgan fingerprint density at radius 1 is 1.29 bits per heavy atom. The minimum Gasteiger partial charge on any atom is -0.463 e. The first kappa shape index (κ1) is 18.2. The first-order valence-corrected chi connectivity index (χ1v) is 8.57. The normalized spacial score (nSPS) is 18.5. The van der Waals surface area contributed by atoms with Crippen molar-refractivity contribution in [1.29, 1.82) is 0 Å². The molecular formula is C19H26N2O3. The Hall–Kier alpha value is -2.14. The number of anilines is 1. The average Bonchev–Trinajstić information content (AvgIpc) is 2.57. The molecule has 1 aliphatic heterocycles. The Balaban J connectivity index is 1.84. The molecule has 5 heteroatoms. The topological polar surface area (TPSA) is 58.6 Å². The van der Waals surface area contributed by atoms with Crippen molar-refractivity contribution in [1.82, 2.24) is 4.90 Å². The van der Waals surface area contributed by atoms with Gasteiger partial charge in [0.25, 0.3) is 0 Å². The first-order chi connectivity index (χ1) is 11.6. The lowest BCUT2D eigenvalue weighted by Gasteiger charge is -2.32. The minimum absolute atomic E-state index is 0.0126. The fraction of sp³-hybridized carbons (Fsp3) is 0.474. The smallest absolute Gasteiger partial charge is 0.330 e. The monoisotopic (exact) mass is 330 g/mol. The van der Waals surface area contributed by atoms with Crippen LogP contribution >= 0.6 is 0 Å². The number of rotatable bonds is 6. The number of esters is 1. The lowest BCUT2D eigenvalue weighted by Crippen LogP contribution is -2.42. The highest BCUT2D eigenvalue weighted by molar-refractivity contribution is 5.92. The second-order valence-corrected chi connectivity index (χ2v) is 6.07. The molecular weight excluding hydrogens is 304 g/mol. The second kappa shape index (κ2) is 9.23. The third-order valence-electron chi connectivity index (χ3n) is 4.18. The molecule has 1 unspecified atom stereocenters. The van der Waals surface area contributed by atoms with Crippen molar-refractivity contribution >= 4 is 23.6 Å². The Bertz CT molecular complexity index is 581. The van der Waals surface area contributed by atoms with E-state index in [1.807, 2.05) is 24.3 Å². The number of nitrogens with one attached hydrogen (secondary N) is 1. The number of piperidine rings is 1. The van der Waals surface area contributed by atoms with Gasteiger partial charge in [-0.15, -0.1) is 0 Å². The third-order valence-corrected chi connectivity index (χ3v) is 4.18. The number of amides is 1. The SMILES string of the molecule is CCOC(=O)C=Cc1ccc(NC(=O)CN2CCCCC2C)cc1. The Morgan fingerprint density at radius 3 is 2.71 bits per heavy atom. The number of benzene rings is 1. The van der Waals surface area contributed by atoms with Crippen molar-refractivity contribution in [2.75, 3.05) is 25.0 Å². The van der Waals surface area contributed by atoms with Gasteiger partial charge in [0.2, 0.25) is 5.91 Å². The molecule has 1 aromatic rings. The van der Waals surface area contributed by atoms with E-state index in [4.69, 9.17) is 4.74 Å². The van der Waals surface area contributed by atoms with Crippen LogP contribution in [0.2, 0.25) is 0 Å². The van der Waals surface area contributed by atoms with E-state index in [2.05, 4.69) is 17.1 Å². The molecule has 1 saturated heterocycles. The van der Waals surface area contributed by atoms with Gasteiger partial charge >= 0.3 is 5.97 Å². The zero-order valence-corrected chi connectivity index (χ0v) is 14.5. The number of carbonyl (C=O) groups is 2. The molecule has 1 aromatic carbocycles. The van der Waals surface area contributed by atoms with Gasteiger partial charge in [-0.2, -0.15) is 0 Å². The van der Waals surface area contributed by atoms with Gasteiger partial charge in [-0.1, -0.05) is 18.6 Å². The number of hydrogen-bond acceptors (Lipinski definition) is 4. The molecule has 5 nitrogen and oxygen atoms in total. The Morgan fingerprint density at radius 2 is 2.04 bits per heavy atom. The highest BCUT2D eigenvalue weighted by atomic mass is 16.5. The van der Waals surface area contributed by atoms with E-state index in [1.54, 1.807) is 13.0 Å². The largest absolute Gasteiger partial charge is 0.463 e. The summed E-state index contributed by atoms with van der Waals surface area (Å²) in [5.41, 5.74) is 1.64. The van der Waals surface area contributed by atoms with Gasteiger partial charge in [-0.25, -0.2) is 4.79 Å². The van der Waals surface area contributed by atoms with Crippen LogP contribution in [0.3, 0.4) is 0 Å². The Kier molecular flexibility index (Phi) is 7.00. The van der Waals surface area contributed by atoms with Crippen molar-refractivity contribution in [2.45, 2.75) is 39.2 Å². The van der Waals surface area contributed by atoms with Gasteiger partial charge in [-0.05, 0) is 57.0 Å². The van der Waals surface area contributed by atoms with Crippen molar-refractivity contribution in [3.63, 3.8) is 0 Å². The standard InChI is InChI=1S/C19H26N2O3/c1-3-24-19(23)12-9-16-7-10-17(11-8-16)20-18(22)14-21-13-5-4-6-15(21)2/h7-12,15H,3-6,13-14H2,1-2H3,(H,20,22). The summed E-state index contributed by atoms with van der Waals surface area (Å²) in [7, 11) is 0. The van der Waals surface area contributed by atoms with Crippen LogP contribution in [0.4, 0.5) is 5.69 Å². The molecule has 130 valence electrons. The number of ether oxygens (including phenoxy) is 1. The molecule has 1 atom stereocenters. The lowest BCUT2D eigenvalue weighted by atomic mass is 10.0. The van der Waals surface area contributed by atoms with E-state index < -0.39 is 0 Å². The number of hydrogen-bond donors (Lipinski definition) is 1. The predicted molar refractivity (Wildman–Crippen MR) is 95.6 cm³/mol. The van der Waals surface area contributed by atoms with Gasteiger partial charge in [-0.3, -0.25) is 9.69 Å². The molecule has 1 amide bonds. The molecule has 0 saturated carbocycles. The average molecular weight is 330 g/mol. The van der Waals surface area contributed by atoms with Crippen LogP contribution in [0.1, 0.15) is 38.7 Å². The number of carbonyl (C=O) groups excluding carboxylic acids is 2. The molecule has 2 rings (SSSR count). The summed E-state index contributed by atoms with van der Waals surface area (Å²) in [5, 5.41) is 2.93. The van der Waals surface area contributed by atoms with Crippen LogP contribution in [0, 0.1) is 0 Å². The van der Waals surface area contributed by atoms with E-state index in [1.165, 1.54) is 18.9 Å². The number of likely N-dealkylation sites (tertiary alicyclic amines) is 1. The van der Waals surface area contributed by atoms with Crippen LogP contribution in [-0.4, -0.2) is 42.5 Å². The zero-order chi connectivity index (χ0) is 17.4. The summed E-state index contributed by atoms with van der Waals surface area (Å²) in [6.07, 6.45) is 6.67. The van der Waals surface area contributed by atoms with E-state index in [0.29, 0.717) is 19.2 Å². The van der Waals surface area contributed by atoms with Gasteiger partial charge in [0, 0.05) is 17.8 Å². The summed E-state index contributed by atoms with van der Waals surface area (Å²) < 4.78 is 4.83. The predicted octanol–water partition coefficient (Wildman–Crippen LogP) is 3.08. The van der Waals surface area contributed by atoms with Crippen molar-refractivity contribution in [3.8, 4) is 0 Å². The molecule has 1 fully saturated rings. The van der Waals surface area contributed by atoms with Crippen molar-refractivity contribution in [3.05, 3.63) is 35.9 Å². The highest BCUT2D eigenvalue weighted by Crippen LogP contribution is 2.16. The molecule has 0 bridgehead atoms. The van der Waals surface area contributed by atoms with Crippen LogP contribution in [0.5, 0.6) is 0 Å². The summed E-state index contributed by atoms with van der Waals surface area (Å²) in [4.78, 5) is 25.7. The van der Waals surface area contributed by atoms with Crippen LogP contribution in [0.15, 0.2) is 30.3 Å². The summed E-state index contributed by atoms with van der Waals surface area (Å²) in [5.74, 6) is -0.343. The van der Waals surface area contributed by atoms with E-state index >= 15 is 0 Å². The van der Waals surface area contributed by atoms with Crippen LogP contribution in [-0.2, 0) is 14.3 Å². The number of nitrogens with zero attached hydrogens (tertiary/aromatic N) is 1. The van der Waals surface area contributed by atoms with Crippen LogP contribution < -0.4 is 5.32 Å². The fourth-order valence-corrected chi connectivity index (χ4v) is 2.81. The maximum absolute atomic E-state index is 12.2. The van der Waals surface area contributed by atoms with Gasteiger partial charge < -0.3 is 10.1 Å². The van der Waals surface area contributed by atoms with E-state index in [-0.39, 0.29) is 11.9 Å².